The molecule has 0 bridgehead atoms. The van der Waals surface area contributed by atoms with Crippen molar-refractivity contribution in [2.45, 2.75) is 70.9 Å². The summed E-state index contributed by atoms with van der Waals surface area (Å²) in [6.07, 6.45) is 9.63. The maximum absolute atomic E-state index is 4.96. The first-order chi connectivity index (χ1) is 10.3. The van der Waals surface area contributed by atoms with E-state index in [4.69, 9.17) is 4.98 Å². The molecule has 118 valence electrons. The number of thiazole rings is 1. The van der Waals surface area contributed by atoms with E-state index in [-0.39, 0.29) is 0 Å². The molecule has 3 atom stereocenters. The Kier molecular flexibility index (Phi) is 5.17. The molecule has 1 N–H and O–H groups in total. The fourth-order valence-corrected chi connectivity index (χ4v) is 4.94. The van der Waals surface area contributed by atoms with E-state index in [2.05, 4.69) is 29.4 Å². The summed E-state index contributed by atoms with van der Waals surface area (Å²) in [7, 11) is 0. The van der Waals surface area contributed by atoms with E-state index >= 15 is 0 Å². The normalized spacial score (nSPS) is 27.4. The molecule has 3 unspecified atom stereocenters. The number of anilines is 1. The number of rotatable bonds is 5. The van der Waals surface area contributed by atoms with Gasteiger partial charge in [0.2, 0.25) is 0 Å². The number of nitrogens with one attached hydrogen (secondary N) is 1. The topological polar surface area (TPSA) is 28.2 Å². The van der Waals surface area contributed by atoms with Crippen LogP contribution in [0.3, 0.4) is 0 Å². The first-order valence-corrected chi connectivity index (χ1v) is 9.63. The van der Waals surface area contributed by atoms with Crippen molar-refractivity contribution in [2.24, 2.45) is 5.92 Å². The smallest absolute Gasteiger partial charge is 0.185 e. The molecule has 3 rings (SSSR count). The summed E-state index contributed by atoms with van der Waals surface area (Å²) in [5, 5.41) is 7.08. The monoisotopic (exact) mass is 307 g/mol. The van der Waals surface area contributed by atoms with Crippen LogP contribution in [0.1, 0.15) is 70.5 Å². The highest BCUT2D eigenvalue weighted by atomic mass is 32.1. The van der Waals surface area contributed by atoms with Crippen LogP contribution in [-0.4, -0.2) is 24.1 Å². The number of fused-ring (bicyclic) bond motifs is 1. The van der Waals surface area contributed by atoms with E-state index in [1.54, 1.807) is 0 Å². The summed E-state index contributed by atoms with van der Waals surface area (Å²) < 4.78 is 0. The second-order valence-corrected chi connectivity index (χ2v) is 7.51. The lowest BCUT2D eigenvalue weighted by Crippen LogP contribution is -2.46. The average molecular weight is 308 g/mol. The van der Waals surface area contributed by atoms with Gasteiger partial charge in [0.05, 0.1) is 5.69 Å². The summed E-state index contributed by atoms with van der Waals surface area (Å²) in [4.78, 5) is 7.59. The Hall–Kier alpha value is -0.610. The van der Waals surface area contributed by atoms with Gasteiger partial charge in [0.1, 0.15) is 0 Å². The molecule has 1 aromatic rings. The Morgan fingerprint density at radius 2 is 2.14 bits per heavy atom. The van der Waals surface area contributed by atoms with Gasteiger partial charge in [0.25, 0.3) is 0 Å². The first kappa shape index (κ1) is 15.3. The van der Waals surface area contributed by atoms with E-state index in [1.807, 2.05) is 11.3 Å². The van der Waals surface area contributed by atoms with E-state index in [0.717, 1.165) is 18.5 Å². The van der Waals surface area contributed by atoms with Gasteiger partial charge in [-0.2, -0.15) is 0 Å². The molecule has 3 nitrogen and oxygen atoms in total. The van der Waals surface area contributed by atoms with Crippen LogP contribution in [0.5, 0.6) is 0 Å². The summed E-state index contributed by atoms with van der Waals surface area (Å²) in [6, 6.07) is 1.15. The third-order valence-electron chi connectivity index (χ3n) is 5.14. The van der Waals surface area contributed by atoms with Gasteiger partial charge < -0.3 is 10.2 Å². The van der Waals surface area contributed by atoms with Gasteiger partial charge in [-0.1, -0.05) is 19.8 Å². The fourth-order valence-electron chi connectivity index (χ4n) is 3.93. The molecule has 2 fully saturated rings. The second-order valence-electron chi connectivity index (χ2n) is 6.68. The van der Waals surface area contributed by atoms with Crippen LogP contribution < -0.4 is 10.2 Å². The van der Waals surface area contributed by atoms with Gasteiger partial charge in [-0.15, -0.1) is 11.3 Å². The van der Waals surface area contributed by atoms with Gasteiger partial charge in [0.15, 0.2) is 5.13 Å². The predicted octanol–water partition coefficient (Wildman–Crippen LogP) is 4.36. The lowest BCUT2D eigenvalue weighted by Gasteiger charge is -2.44. The minimum Gasteiger partial charge on any atom is -0.345 e. The molecular weight excluding hydrogens is 278 g/mol. The summed E-state index contributed by atoms with van der Waals surface area (Å²) in [6.45, 7) is 6.73. The van der Waals surface area contributed by atoms with Gasteiger partial charge >= 0.3 is 0 Å². The maximum atomic E-state index is 4.96. The van der Waals surface area contributed by atoms with Crippen LogP contribution in [0.25, 0.3) is 0 Å². The highest BCUT2D eigenvalue weighted by molar-refractivity contribution is 7.13. The van der Waals surface area contributed by atoms with Crippen LogP contribution in [-0.2, 0) is 0 Å². The molecule has 1 aliphatic carbocycles. The van der Waals surface area contributed by atoms with Crippen molar-refractivity contribution < 1.29 is 0 Å². The molecule has 1 aromatic heterocycles. The zero-order chi connectivity index (χ0) is 14.7. The Balaban J connectivity index is 1.69. The standard InChI is InChI=1S/C17H29N3S/c1-3-10-18-13(2)15-12-21-17(19-15)20-11-6-8-14-7-4-5-9-16(14)20/h12-14,16,18H,3-11H2,1-2H3. The average Bonchev–Trinajstić information content (AvgIpc) is 3.02. The van der Waals surface area contributed by atoms with Gasteiger partial charge in [-0.05, 0) is 51.5 Å². The van der Waals surface area contributed by atoms with Gasteiger partial charge in [-0.3, -0.25) is 0 Å². The molecule has 2 heterocycles. The van der Waals surface area contributed by atoms with Gasteiger partial charge in [-0.25, -0.2) is 4.98 Å². The van der Waals surface area contributed by atoms with Crippen molar-refractivity contribution in [2.75, 3.05) is 18.0 Å². The lowest BCUT2D eigenvalue weighted by atomic mass is 9.78. The Labute approximate surface area is 133 Å². The molecule has 1 saturated carbocycles. The highest BCUT2D eigenvalue weighted by Gasteiger charge is 2.34. The summed E-state index contributed by atoms with van der Waals surface area (Å²) >= 11 is 1.85. The van der Waals surface area contributed by atoms with Crippen LogP contribution in [0.4, 0.5) is 5.13 Å². The minimum atomic E-state index is 0.377. The number of hydrogen-bond donors (Lipinski definition) is 1. The van der Waals surface area contributed by atoms with Crippen molar-refractivity contribution in [1.82, 2.24) is 10.3 Å². The van der Waals surface area contributed by atoms with Crippen molar-refractivity contribution >= 4 is 16.5 Å². The van der Waals surface area contributed by atoms with E-state index in [0.29, 0.717) is 6.04 Å². The van der Waals surface area contributed by atoms with E-state index in [9.17, 15) is 0 Å². The SMILES string of the molecule is CCCNC(C)c1csc(N2CCCC3CCCCC32)n1. The van der Waals surface area contributed by atoms with E-state index in [1.165, 1.54) is 62.3 Å². The van der Waals surface area contributed by atoms with Crippen LogP contribution in [0, 0.1) is 5.92 Å². The third-order valence-corrected chi connectivity index (χ3v) is 6.04. The minimum absolute atomic E-state index is 0.377. The Morgan fingerprint density at radius 3 is 3.00 bits per heavy atom. The van der Waals surface area contributed by atoms with Crippen molar-refractivity contribution in [3.63, 3.8) is 0 Å². The second kappa shape index (κ2) is 7.10. The largest absolute Gasteiger partial charge is 0.345 e. The Morgan fingerprint density at radius 1 is 1.33 bits per heavy atom. The Bertz CT molecular complexity index is 443. The lowest BCUT2D eigenvalue weighted by molar-refractivity contribution is 0.243. The van der Waals surface area contributed by atoms with Crippen molar-refractivity contribution in [1.29, 1.82) is 0 Å². The van der Waals surface area contributed by atoms with Crippen LogP contribution in [0.2, 0.25) is 0 Å². The van der Waals surface area contributed by atoms with Gasteiger partial charge in [0, 0.05) is 24.0 Å². The van der Waals surface area contributed by atoms with Crippen LogP contribution in [0.15, 0.2) is 5.38 Å². The van der Waals surface area contributed by atoms with E-state index < -0.39 is 0 Å². The predicted molar refractivity (Wildman–Crippen MR) is 91.1 cm³/mol. The first-order valence-electron chi connectivity index (χ1n) is 8.75. The zero-order valence-electron chi connectivity index (χ0n) is 13.5. The molecule has 1 saturated heterocycles. The molecule has 4 heteroatoms. The summed E-state index contributed by atoms with van der Waals surface area (Å²) in [5.74, 6) is 0.926. The molecule has 1 aliphatic heterocycles. The number of aromatic nitrogens is 1. The molecule has 0 radical (unpaired) electrons. The number of piperidine rings is 1. The number of nitrogens with zero attached hydrogens (tertiary/aromatic N) is 2. The van der Waals surface area contributed by atoms with Crippen LogP contribution >= 0.6 is 11.3 Å². The summed E-state index contributed by atoms with van der Waals surface area (Å²) in [5.41, 5.74) is 1.22. The molecule has 0 amide bonds. The fraction of sp³-hybridized carbons (Fsp3) is 0.824. The quantitative estimate of drug-likeness (QED) is 0.876. The molecule has 0 aromatic carbocycles. The van der Waals surface area contributed by atoms with Crippen molar-refractivity contribution in [3.8, 4) is 0 Å². The highest BCUT2D eigenvalue weighted by Crippen LogP contribution is 2.39. The molecule has 2 aliphatic rings. The zero-order valence-corrected chi connectivity index (χ0v) is 14.3. The third kappa shape index (κ3) is 3.42. The molecular formula is C17H29N3S. The molecule has 21 heavy (non-hydrogen) atoms. The van der Waals surface area contributed by atoms with Crippen molar-refractivity contribution in [3.05, 3.63) is 11.1 Å². The number of hydrogen-bond acceptors (Lipinski definition) is 4. The molecule has 0 spiro atoms. The maximum Gasteiger partial charge on any atom is 0.185 e.